The van der Waals surface area contributed by atoms with Crippen LogP contribution in [-0.2, 0) is 16.1 Å². The van der Waals surface area contributed by atoms with Crippen molar-refractivity contribution in [3.05, 3.63) is 121 Å². The predicted octanol–water partition coefficient (Wildman–Crippen LogP) is 4.39. The highest BCUT2D eigenvalue weighted by molar-refractivity contribution is 7.07. The molecule has 4 aromatic rings. The lowest BCUT2D eigenvalue weighted by Crippen LogP contribution is -2.39. The number of para-hydroxylation sites is 1. The van der Waals surface area contributed by atoms with Crippen LogP contribution in [0.15, 0.2) is 94.4 Å². The molecule has 8 nitrogen and oxygen atoms in total. The molecule has 41 heavy (non-hydrogen) atoms. The van der Waals surface area contributed by atoms with Crippen LogP contribution in [0.1, 0.15) is 36.6 Å². The maximum atomic E-state index is 13.9. The topological polar surface area (TPSA) is 88.4 Å². The van der Waals surface area contributed by atoms with Crippen LogP contribution in [0.3, 0.4) is 0 Å². The largest absolute Gasteiger partial charge is 0.490 e. The lowest BCUT2D eigenvalue weighted by molar-refractivity contribution is -0.136. The number of rotatable bonds is 10. The highest BCUT2D eigenvalue weighted by atomic mass is 32.1. The molecule has 2 heterocycles. The molecule has 0 amide bonds. The maximum absolute atomic E-state index is 13.9. The Labute approximate surface area is 241 Å². The van der Waals surface area contributed by atoms with Gasteiger partial charge < -0.3 is 18.9 Å². The molecule has 9 heteroatoms. The number of ether oxygens (including phenoxy) is 4. The van der Waals surface area contributed by atoms with Gasteiger partial charge in [0.05, 0.1) is 36.5 Å². The summed E-state index contributed by atoms with van der Waals surface area (Å²) in [6.07, 6.45) is 3.27. The van der Waals surface area contributed by atoms with Crippen LogP contribution in [0.5, 0.6) is 17.2 Å². The summed E-state index contributed by atoms with van der Waals surface area (Å²) in [7, 11) is 1.31. The first-order valence-electron chi connectivity index (χ1n) is 13.3. The van der Waals surface area contributed by atoms with E-state index >= 15 is 0 Å². The summed E-state index contributed by atoms with van der Waals surface area (Å²) in [6.45, 7) is 5.07. The number of esters is 1. The molecule has 210 valence electrons. The standard InChI is InChI=1S/C32H30N2O6S/c1-4-38-26-16-15-23(17-27(26)39-5-2)29-24(31(36)37-3)19-33-32-34(29)30(35)28(41-32)18-22-13-9-10-14-25(22)40-20-21-11-7-6-8-12-21/h6-19,29H,4-5,20H2,1-3H3/b28-18+/t29-/m0/s1. The molecular weight excluding hydrogens is 540 g/mol. The van der Waals surface area contributed by atoms with Crippen molar-refractivity contribution in [3.8, 4) is 17.2 Å². The summed E-state index contributed by atoms with van der Waals surface area (Å²) in [6, 6.07) is 22.1. The van der Waals surface area contributed by atoms with Gasteiger partial charge in [0.15, 0.2) is 16.3 Å². The summed E-state index contributed by atoms with van der Waals surface area (Å²) >= 11 is 1.25. The van der Waals surface area contributed by atoms with Crippen molar-refractivity contribution < 1.29 is 23.7 Å². The van der Waals surface area contributed by atoms with E-state index in [1.807, 2.05) is 74.5 Å². The van der Waals surface area contributed by atoms with E-state index in [1.54, 1.807) is 18.2 Å². The molecule has 3 aromatic carbocycles. The van der Waals surface area contributed by atoms with Gasteiger partial charge in [0, 0.05) is 11.8 Å². The van der Waals surface area contributed by atoms with Crippen LogP contribution >= 0.6 is 11.3 Å². The molecule has 0 saturated carbocycles. The van der Waals surface area contributed by atoms with Crippen molar-refractivity contribution in [3.63, 3.8) is 0 Å². The van der Waals surface area contributed by atoms with Gasteiger partial charge in [-0.2, -0.15) is 0 Å². The predicted molar refractivity (Wildman–Crippen MR) is 157 cm³/mol. The molecular formula is C32H30N2O6S. The Hall–Kier alpha value is -4.63. The van der Waals surface area contributed by atoms with Gasteiger partial charge in [0.1, 0.15) is 12.4 Å². The Balaban J connectivity index is 1.59. The second kappa shape index (κ2) is 12.7. The van der Waals surface area contributed by atoms with Gasteiger partial charge in [-0.3, -0.25) is 9.36 Å². The molecule has 0 fully saturated rings. The third-order valence-electron chi connectivity index (χ3n) is 6.45. The fourth-order valence-corrected chi connectivity index (χ4v) is 5.56. The number of fused-ring (bicyclic) bond motifs is 1. The van der Waals surface area contributed by atoms with Gasteiger partial charge in [-0.15, -0.1) is 0 Å². The van der Waals surface area contributed by atoms with Crippen LogP contribution in [0.4, 0.5) is 0 Å². The van der Waals surface area contributed by atoms with Gasteiger partial charge in [0.2, 0.25) is 0 Å². The Morgan fingerprint density at radius 2 is 1.66 bits per heavy atom. The van der Waals surface area contributed by atoms with Crippen molar-refractivity contribution in [2.75, 3.05) is 20.3 Å². The molecule has 0 radical (unpaired) electrons. The number of carbonyl (C=O) groups is 1. The van der Waals surface area contributed by atoms with E-state index in [0.717, 1.165) is 11.1 Å². The summed E-state index contributed by atoms with van der Waals surface area (Å²) in [5.74, 6) is 1.20. The van der Waals surface area contributed by atoms with Crippen LogP contribution in [0, 0.1) is 0 Å². The lowest BCUT2D eigenvalue weighted by Gasteiger charge is -2.23. The maximum Gasteiger partial charge on any atom is 0.337 e. The first-order valence-corrected chi connectivity index (χ1v) is 14.1. The van der Waals surface area contributed by atoms with Gasteiger partial charge in [0.25, 0.3) is 5.56 Å². The quantitative estimate of drug-likeness (QED) is 0.263. The molecule has 0 bridgehead atoms. The summed E-state index contributed by atoms with van der Waals surface area (Å²) in [5.41, 5.74) is 2.43. The van der Waals surface area contributed by atoms with Crippen LogP contribution in [0.25, 0.3) is 6.08 Å². The molecule has 0 spiro atoms. The molecule has 0 saturated heterocycles. The third kappa shape index (κ3) is 5.95. The second-order valence-electron chi connectivity index (χ2n) is 9.06. The number of carbonyl (C=O) groups excluding carboxylic acids is 1. The van der Waals surface area contributed by atoms with E-state index in [9.17, 15) is 9.59 Å². The van der Waals surface area contributed by atoms with Crippen molar-refractivity contribution in [1.82, 2.24) is 4.57 Å². The van der Waals surface area contributed by atoms with Crippen molar-refractivity contribution in [2.24, 2.45) is 4.99 Å². The van der Waals surface area contributed by atoms with Crippen molar-refractivity contribution in [1.29, 1.82) is 0 Å². The molecule has 0 aliphatic carbocycles. The first-order chi connectivity index (χ1) is 20.0. The Bertz CT molecular complexity index is 1760. The molecule has 1 atom stereocenters. The molecule has 1 aromatic heterocycles. The van der Waals surface area contributed by atoms with E-state index in [-0.39, 0.29) is 11.1 Å². The van der Waals surface area contributed by atoms with E-state index in [4.69, 9.17) is 18.9 Å². The monoisotopic (exact) mass is 570 g/mol. The number of nitrogens with zero attached hydrogens (tertiary/aromatic N) is 2. The van der Waals surface area contributed by atoms with Gasteiger partial charge in [-0.1, -0.05) is 65.9 Å². The van der Waals surface area contributed by atoms with E-state index < -0.39 is 12.0 Å². The second-order valence-corrected chi connectivity index (χ2v) is 10.1. The fraction of sp³-hybridized carbons (Fsp3) is 0.219. The Morgan fingerprint density at radius 1 is 0.927 bits per heavy atom. The van der Waals surface area contributed by atoms with Crippen LogP contribution in [0.2, 0.25) is 0 Å². The smallest absolute Gasteiger partial charge is 0.337 e. The summed E-state index contributed by atoms with van der Waals surface area (Å²) in [4.78, 5) is 31.7. The zero-order valence-corrected chi connectivity index (χ0v) is 23.9. The Kier molecular flexibility index (Phi) is 8.64. The molecule has 1 aliphatic rings. The van der Waals surface area contributed by atoms with E-state index in [0.29, 0.717) is 52.0 Å². The minimum atomic E-state index is -0.764. The molecule has 1 aliphatic heterocycles. The number of aromatic nitrogens is 1. The zero-order chi connectivity index (χ0) is 28.8. The van der Waals surface area contributed by atoms with Gasteiger partial charge >= 0.3 is 5.97 Å². The summed E-state index contributed by atoms with van der Waals surface area (Å²) < 4.78 is 24.7. The van der Waals surface area contributed by atoms with E-state index in [1.165, 1.54) is 29.2 Å². The van der Waals surface area contributed by atoms with Gasteiger partial charge in [-0.05, 0) is 49.2 Å². The first kappa shape index (κ1) is 27.9. The van der Waals surface area contributed by atoms with E-state index in [2.05, 4.69) is 4.99 Å². The third-order valence-corrected chi connectivity index (χ3v) is 7.45. The zero-order valence-electron chi connectivity index (χ0n) is 23.0. The normalized spacial score (nSPS) is 14.5. The fourth-order valence-electron chi connectivity index (χ4n) is 4.60. The highest BCUT2D eigenvalue weighted by Crippen LogP contribution is 2.35. The molecule has 0 N–H and O–H groups in total. The van der Waals surface area contributed by atoms with Gasteiger partial charge in [-0.25, -0.2) is 9.79 Å². The Morgan fingerprint density at radius 3 is 2.41 bits per heavy atom. The number of benzene rings is 3. The van der Waals surface area contributed by atoms with Crippen molar-refractivity contribution in [2.45, 2.75) is 26.5 Å². The van der Waals surface area contributed by atoms with Crippen LogP contribution < -0.4 is 29.1 Å². The minimum absolute atomic E-state index is 0.240. The average Bonchev–Trinajstić information content (AvgIpc) is 3.32. The number of hydrogen-bond acceptors (Lipinski definition) is 8. The number of hydrogen-bond donors (Lipinski definition) is 0. The van der Waals surface area contributed by atoms with Crippen molar-refractivity contribution >= 4 is 23.4 Å². The number of methoxy groups -OCH3 is 1. The SMILES string of the molecule is CCOc1ccc([C@H]2C(C(=O)OC)=CN=c3s/c(=C/c4ccccc4OCc4ccccc4)c(=O)n32)cc1OCC. The average molecular weight is 571 g/mol. The summed E-state index contributed by atoms with van der Waals surface area (Å²) in [5, 5.41) is 0. The highest BCUT2D eigenvalue weighted by Gasteiger charge is 2.31. The lowest BCUT2D eigenvalue weighted by atomic mass is 9.97. The molecule has 5 rings (SSSR count). The minimum Gasteiger partial charge on any atom is -0.490 e. The molecule has 0 unspecified atom stereocenters. The van der Waals surface area contributed by atoms with Crippen LogP contribution in [-0.4, -0.2) is 30.9 Å². The number of thiazole rings is 1.